The lowest BCUT2D eigenvalue weighted by Gasteiger charge is -2.07. The maximum absolute atomic E-state index is 11.4. The summed E-state index contributed by atoms with van der Waals surface area (Å²) >= 11 is 7.10. The minimum absolute atomic E-state index is 0.150. The molecule has 110 valence electrons. The van der Waals surface area contributed by atoms with Gasteiger partial charge in [-0.25, -0.2) is 13.2 Å². The summed E-state index contributed by atoms with van der Waals surface area (Å²) in [6, 6.07) is 10.8. The smallest absolute Gasteiger partial charge is 0.336 e. The Balaban J connectivity index is 2.34. The van der Waals surface area contributed by atoms with Crippen molar-refractivity contribution in [3.8, 4) is 0 Å². The lowest BCUT2D eigenvalue weighted by Crippen LogP contribution is -1.98. The number of sulfone groups is 1. The van der Waals surface area contributed by atoms with Crippen LogP contribution < -0.4 is 0 Å². The fraction of sp³-hybridized carbons (Fsp3) is 0.0714. The first-order chi connectivity index (χ1) is 9.77. The summed E-state index contributed by atoms with van der Waals surface area (Å²) in [5.41, 5.74) is 0.150. The number of hydrogen-bond donors (Lipinski definition) is 1. The Morgan fingerprint density at radius 3 is 2.29 bits per heavy atom. The molecule has 21 heavy (non-hydrogen) atoms. The van der Waals surface area contributed by atoms with Gasteiger partial charge >= 0.3 is 5.97 Å². The molecule has 0 amide bonds. The van der Waals surface area contributed by atoms with Crippen molar-refractivity contribution >= 4 is 39.2 Å². The first-order valence-electron chi connectivity index (χ1n) is 5.78. The third-order valence-corrected chi connectivity index (χ3v) is 5.08. The number of carboxylic acids is 1. The van der Waals surface area contributed by atoms with Crippen LogP contribution >= 0.6 is 23.4 Å². The molecule has 2 aromatic rings. The molecule has 0 bridgehead atoms. The number of hydrogen-bond acceptors (Lipinski definition) is 4. The Hall–Kier alpha value is -1.50. The average molecular weight is 343 g/mol. The van der Waals surface area contributed by atoms with E-state index >= 15 is 0 Å². The van der Waals surface area contributed by atoms with Crippen molar-refractivity contribution in [3.63, 3.8) is 0 Å². The standard InChI is InChI=1S/C14H11ClO4S2/c1-21(18,19)11-5-3-10(4-6-11)20-13-8-9(15)2-7-12(13)14(16)17/h2-8H,1H3,(H,16,17). The van der Waals surface area contributed by atoms with Gasteiger partial charge in [-0.15, -0.1) is 0 Å². The van der Waals surface area contributed by atoms with Gasteiger partial charge in [-0.05, 0) is 42.5 Å². The van der Waals surface area contributed by atoms with Gasteiger partial charge in [0.25, 0.3) is 0 Å². The highest BCUT2D eigenvalue weighted by Gasteiger charge is 2.12. The molecule has 0 aromatic heterocycles. The second-order valence-corrected chi connectivity index (χ2v) is 7.86. The van der Waals surface area contributed by atoms with Crippen LogP contribution in [-0.2, 0) is 9.84 Å². The van der Waals surface area contributed by atoms with E-state index in [0.29, 0.717) is 9.92 Å². The van der Waals surface area contributed by atoms with Gasteiger partial charge in [-0.1, -0.05) is 23.4 Å². The molecule has 0 saturated heterocycles. The predicted octanol–water partition coefficient (Wildman–Crippen LogP) is 3.59. The number of aromatic carboxylic acids is 1. The van der Waals surface area contributed by atoms with E-state index in [-0.39, 0.29) is 10.5 Å². The van der Waals surface area contributed by atoms with Gasteiger partial charge in [0.1, 0.15) is 0 Å². The van der Waals surface area contributed by atoms with E-state index in [1.165, 1.54) is 36.0 Å². The summed E-state index contributed by atoms with van der Waals surface area (Å²) in [5, 5.41) is 9.59. The molecule has 2 aromatic carbocycles. The first-order valence-corrected chi connectivity index (χ1v) is 8.87. The van der Waals surface area contributed by atoms with Crippen LogP contribution in [0.4, 0.5) is 0 Å². The van der Waals surface area contributed by atoms with E-state index in [1.807, 2.05) is 0 Å². The van der Waals surface area contributed by atoms with Crippen LogP contribution in [0.1, 0.15) is 10.4 Å². The van der Waals surface area contributed by atoms with Crippen LogP contribution in [0.5, 0.6) is 0 Å². The van der Waals surface area contributed by atoms with Crippen LogP contribution in [0.15, 0.2) is 57.2 Å². The van der Waals surface area contributed by atoms with Crippen molar-refractivity contribution in [2.24, 2.45) is 0 Å². The molecule has 0 radical (unpaired) electrons. The zero-order valence-corrected chi connectivity index (χ0v) is 13.3. The number of carboxylic acid groups (broad SMARTS) is 1. The van der Waals surface area contributed by atoms with Crippen LogP contribution in [0.2, 0.25) is 5.02 Å². The highest BCUT2D eigenvalue weighted by molar-refractivity contribution is 7.99. The molecule has 0 saturated carbocycles. The molecule has 2 rings (SSSR count). The quantitative estimate of drug-likeness (QED) is 0.919. The Bertz CT molecular complexity index is 783. The third-order valence-electron chi connectivity index (χ3n) is 2.65. The third kappa shape index (κ3) is 4.00. The Morgan fingerprint density at radius 2 is 1.76 bits per heavy atom. The fourth-order valence-electron chi connectivity index (χ4n) is 1.64. The van der Waals surface area contributed by atoms with Crippen LogP contribution in [-0.4, -0.2) is 25.7 Å². The Kier molecular flexibility index (Phi) is 4.61. The lowest BCUT2D eigenvalue weighted by atomic mass is 10.2. The minimum Gasteiger partial charge on any atom is -0.478 e. The SMILES string of the molecule is CS(=O)(=O)c1ccc(Sc2cc(Cl)ccc2C(=O)O)cc1. The summed E-state index contributed by atoms with van der Waals surface area (Å²) in [4.78, 5) is 12.6. The minimum atomic E-state index is -3.25. The van der Waals surface area contributed by atoms with Crippen LogP contribution in [0, 0.1) is 0 Å². The molecule has 4 nitrogen and oxygen atoms in total. The molecule has 0 atom stereocenters. The van der Waals surface area contributed by atoms with Gasteiger partial charge in [0.2, 0.25) is 0 Å². The maximum Gasteiger partial charge on any atom is 0.336 e. The topological polar surface area (TPSA) is 71.4 Å². The van der Waals surface area contributed by atoms with E-state index in [2.05, 4.69) is 0 Å². The monoisotopic (exact) mass is 342 g/mol. The van der Waals surface area contributed by atoms with Gasteiger partial charge in [0.05, 0.1) is 10.5 Å². The second kappa shape index (κ2) is 6.09. The highest BCUT2D eigenvalue weighted by Crippen LogP contribution is 2.33. The Labute approximate surface area is 131 Å². The molecule has 0 spiro atoms. The first kappa shape index (κ1) is 15.9. The predicted molar refractivity (Wildman–Crippen MR) is 82.1 cm³/mol. The molecule has 0 heterocycles. The van der Waals surface area contributed by atoms with Gasteiger partial charge in [0, 0.05) is 21.1 Å². The fourth-order valence-corrected chi connectivity index (χ4v) is 3.48. The molecule has 0 aliphatic rings. The molecular formula is C14H11ClO4S2. The summed E-state index contributed by atoms with van der Waals surface area (Å²) in [6.45, 7) is 0. The van der Waals surface area contributed by atoms with E-state index < -0.39 is 15.8 Å². The van der Waals surface area contributed by atoms with E-state index in [4.69, 9.17) is 16.7 Å². The second-order valence-electron chi connectivity index (χ2n) is 4.29. The molecule has 0 fully saturated rings. The van der Waals surface area contributed by atoms with Crippen LogP contribution in [0.3, 0.4) is 0 Å². The molecule has 0 aliphatic heterocycles. The van der Waals surface area contributed by atoms with Crippen molar-refractivity contribution in [1.82, 2.24) is 0 Å². The molecule has 1 N–H and O–H groups in total. The van der Waals surface area contributed by atoms with Crippen molar-refractivity contribution in [2.45, 2.75) is 14.7 Å². The van der Waals surface area contributed by atoms with Crippen molar-refractivity contribution in [3.05, 3.63) is 53.1 Å². The summed E-state index contributed by atoms with van der Waals surface area (Å²) in [7, 11) is -3.25. The number of benzene rings is 2. The van der Waals surface area contributed by atoms with Gasteiger partial charge < -0.3 is 5.11 Å². The number of halogens is 1. The highest BCUT2D eigenvalue weighted by atomic mass is 35.5. The Morgan fingerprint density at radius 1 is 1.14 bits per heavy atom. The maximum atomic E-state index is 11.4. The number of carbonyl (C=O) groups is 1. The molecule has 7 heteroatoms. The van der Waals surface area contributed by atoms with E-state index in [0.717, 1.165) is 11.2 Å². The zero-order chi connectivity index (χ0) is 15.6. The normalized spacial score (nSPS) is 11.3. The lowest BCUT2D eigenvalue weighted by molar-refractivity contribution is 0.0693. The van der Waals surface area contributed by atoms with Gasteiger partial charge in [-0.3, -0.25) is 0 Å². The zero-order valence-electron chi connectivity index (χ0n) is 10.9. The molecule has 0 unspecified atom stereocenters. The van der Waals surface area contributed by atoms with E-state index in [9.17, 15) is 13.2 Å². The van der Waals surface area contributed by atoms with Crippen molar-refractivity contribution in [1.29, 1.82) is 0 Å². The van der Waals surface area contributed by atoms with Gasteiger partial charge in [-0.2, -0.15) is 0 Å². The largest absolute Gasteiger partial charge is 0.478 e. The summed E-state index contributed by atoms with van der Waals surface area (Å²) in [6.07, 6.45) is 1.13. The van der Waals surface area contributed by atoms with Crippen molar-refractivity contribution < 1.29 is 18.3 Å². The molecule has 0 aliphatic carbocycles. The summed E-state index contributed by atoms with van der Waals surface area (Å²) < 4.78 is 22.8. The average Bonchev–Trinajstić information content (AvgIpc) is 2.38. The van der Waals surface area contributed by atoms with Crippen LogP contribution in [0.25, 0.3) is 0 Å². The van der Waals surface area contributed by atoms with E-state index in [1.54, 1.807) is 18.2 Å². The molecular weight excluding hydrogens is 332 g/mol. The number of rotatable bonds is 4. The van der Waals surface area contributed by atoms with Crippen molar-refractivity contribution in [2.75, 3.05) is 6.26 Å². The summed E-state index contributed by atoms with van der Waals surface area (Å²) in [5.74, 6) is -1.04. The van der Waals surface area contributed by atoms with Gasteiger partial charge in [0.15, 0.2) is 9.84 Å².